The van der Waals surface area contributed by atoms with Crippen LogP contribution in [0.1, 0.15) is 24.5 Å². The van der Waals surface area contributed by atoms with Crippen molar-refractivity contribution in [3.05, 3.63) is 48.6 Å². The number of carboxylic acids is 2. The first kappa shape index (κ1) is 21.0. The van der Waals surface area contributed by atoms with E-state index >= 15 is 0 Å². The number of fused-ring (bicyclic) bond motifs is 3. The van der Waals surface area contributed by atoms with Crippen molar-refractivity contribution in [2.45, 2.75) is 48.8 Å². The third-order valence-electron chi connectivity index (χ3n) is 6.14. The van der Waals surface area contributed by atoms with Gasteiger partial charge in [-0.25, -0.2) is 4.79 Å². The van der Waals surface area contributed by atoms with Gasteiger partial charge in [-0.1, -0.05) is 36.9 Å². The van der Waals surface area contributed by atoms with Crippen LogP contribution in [0.15, 0.2) is 43.0 Å². The fraction of sp³-hybridized carbons (Fsp3) is 0.429. The fourth-order valence-electron chi connectivity index (χ4n) is 4.94. The molecular formula is C21H22N2O8. The van der Waals surface area contributed by atoms with Crippen LogP contribution >= 0.6 is 0 Å². The number of rotatable bonds is 6. The molecule has 7 atom stereocenters. The zero-order chi connectivity index (χ0) is 22.3. The average molecular weight is 430 g/mol. The minimum Gasteiger partial charge on any atom is -0.481 e. The molecule has 1 aromatic carbocycles. The number of carbonyl (C=O) groups excluding carboxylic acids is 2. The van der Waals surface area contributed by atoms with E-state index < -0.39 is 72.1 Å². The molecule has 10 nitrogen and oxygen atoms in total. The Morgan fingerprint density at radius 2 is 1.94 bits per heavy atom. The number of amides is 2. The molecule has 0 spiro atoms. The van der Waals surface area contributed by atoms with E-state index in [1.165, 1.54) is 0 Å². The zero-order valence-corrected chi connectivity index (χ0v) is 16.4. The maximum absolute atomic E-state index is 12.8. The van der Waals surface area contributed by atoms with Gasteiger partial charge in [-0.15, -0.1) is 0 Å². The normalized spacial score (nSPS) is 36.1. The summed E-state index contributed by atoms with van der Waals surface area (Å²) in [5.74, 6) is -4.99. The number of carboxylic acid groups (broad SMARTS) is 2. The Balaban J connectivity index is 1.76. The first-order valence-electron chi connectivity index (χ1n) is 9.83. The highest BCUT2D eigenvalue weighted by molar-refractivity contribution is 5.94. The Bertz CT molecular complexity index is 935. The molecule has 31 heavy (non-hydrogen) atoms. The van der Waals surface area contributed by atoms with Crippen molar-refractivity contribution in [2.24, 2.45) is 5.92 Å². The summed E-state index contributed by atoms with van der Waals surface area (Å²) in [7, 11) is 0. The number of aliphatic carboxylic acids is 2. The second kappa shape index (κ2) is 7.78. The zero-order valence-electron chi connectivity index (χ0n) is 16.4. The molecule has 0 bridgehead atoms. The molecule has 4 N–H and O–H groups in total. The van der Waals surface area contributed by atoms with Gasteiger partial charge in [0.15, 0.2) is 6.04 Å². The second-order valence-corrected chi connectivity index (χ2v) is 7.92. The SMILES string of the molecule is C=CC(=O)N[C@@H]1C[C@H](c2ccccc2)O[C@H]2[C@@H]1O[C@]1(CC(=O)O)[C@@H](C(=O)O)NC(=O)[C@H]21. The van der Waals surface area contributed by atoms with Gasteiger partial charge in [-0.2, -0.15) is 0 Å². The molecule has 0 aromatic heterocycles. The minimum atomic E-state index is -1.84. The Hall–Kier alpha value is -3.24. The lowest BCUT2D eigenvalue weighted by Gasteiger charge is -2.39. The van der Waals surface area contributed by atoms with E-state index in [1.54, 1.807) is 0 Å². The van der Waals surface area contributed by atoms with Crippen molar-refractivity contribution in [1.29, 1.82) is 0 Å². The van der Waals surface area contributed by atoms with Gasteiger partial charge in [0.1, 0.15) is 17.8 Å². The predicted molar refractivity (Wildman–Crippen MR) is 104 cm³/mol. The summed E-state index contributed by atoms with van der Waals surface area (Å²) in [5, 5.41) is 24.3. The van der Waals surface area contributed by atoms with Gasteiger partial charge in [-0.05, 0) is 11.6 Å². The molecule has 164 valence electrons. The molecule has 2 amide bonds. The molecule has 0 saturated carbocycles. The molecular weight excluding hydrogens is 408 g/mol. The van der Waals surface area contributed by atoms with E-state index in [0.717, 1.165) is 11.6 Å². The molecule has 3 aliphatic rings. The Kier molecular flexibility index (Phi) is 5.28. The average Bonchev–Trinajstić information content (AvgIpc) is 3.20. The van der Waals surface area contributed by atoms with Gasteiger partial charge in [0.2, 0.25) is 11.8 Å². The van der Waals surface area contributed by atoms with Crippen LogP contribution < -0.4 is 10.6 Å². The summed E-state index contributed by atoms with van der Waals surface area (Å²) < 4.78 is 12.3. The fourth-order valence-corrected chi connectivity index (χ4v) is 4.94. The number of ether oxygens (including phenoxy) is 2. The van der Waals surface area contributed by atoms with Crippen molar-refractivity contribution in [3.8, 4) is 0 Å². The highest BCUT2D eigenvalue weighted by Gasteiger charge is 2.71. The monoisotopic (exact) mass is 430 g/mol. The summed E-state index contributed by atoms with van der Waals surface area (Å²) >= 11 is 0. The van der Waals surface area contributed by atoms with Gasteiger partial charge in [-0.3, -0.25) is 14.4 Å². The van der Waals surface area contributed by atoms with Crippen LogP contribution in [0.4, 0.5) is 0 Å². The van der Waals surface area contributed by atoms with Gasteiger partial charge in [0.25, 0.3) is 0 Å². The molecule has 3 heterocycles. The van der Waals surface area contributed by atoms with Crippen LogP contribution in [0.25, 0.3) is 0 Å². The van der Waals surface area contributed by atoms with Crippen LogP contribution in [0.2, 0.25) is 0 Å². The minimum absolute atomic E-state index is 0.292. The lowest BCUT2D eigenvalue weighted by molar-refractivity contribution is -0.164. The van der Waals surface area contributed by atoms with Crippen LogP contribution in [-0.2, 0) is 28.7 Å². The van der Waals surface area contributed by atoms with Crippen LogP contribution in [0.3, 0.4) is 0 Å². The number of hydrogen-bond acceptors (Lipinski definition) is 6. The molecule has 1 aromatic rings. The maximum Gasteiger partial charge on any atom is 0.329 e. The smallest absolute Gasteiger partial charge is 0.329 e. The molecule has 0 aliphatic carbocycles. The first-order valence-corrected chi connectivity index (χ1v) is 9.83. The molecule has 3 fully saturated rings. The maximum atomic E-state index is 12.8. The Morgan fingerprint density at radius 1 is 1.23 bits per heavy atom. The van der Waals surface area contributed by atoms with Gasteiger partial charge in [0.05, 0.1) is 24.5 Å². The van der Waals surface area contributed by atoms with E-state index in [4.69, 9.17) is 9.47 Å². The van der Waals surface area contributed by atoms with E-state index in [2.05, 4.69) is 17.2 Å². The molecule has 3 aliphatic heterocycles. The van der Waals surface area contributed by atoms with Crippen molar-refractivity contribution in [1.82, 2.24) is 10.6 Å². The summed E-state index contributed by atoms with van der Waals surface area (Å²) in [4.78, 5) is 48.4. The second-order valence-electron chi connectivity index (χ2n) is 7.92. The number of benzene rings is 1. The summed E-state index contributed by atoms with van der Waals surface area (Å²) in [5.41, 5.74) is -1.03. The summed E-state index contributed by atoms with van der Waals surface area (Å²) in [6.07, 6.45) is -1.68. The van der Waals surface area contributed by atoms with Crippen LogP contribution in [0, 0.1) is 5.92 Å². The lowest BCUT2D eigenvalue weighted by atomic mass is 9.78. The van der Waals surface area contributed by atoms with Crippen LogP contribution in [0.5, 0.6) is 0 Å². The van der Waals surface area contributed by atoms with Crippen LogP contribution in [-0.4, -0.2) is 63.9 Å². The van der Waals surface area contributed by atoms with Gasteiger partial charge in [0, 0.05) is 6.42 Å². The summed E-state index contributed by atoms with van der Waals surface area (Å²) in [6, 6.07) is 6.97. The van der Waals surface area contributed by atoms with E-state index in [-0.39, 0.29) is 0 Å². The largest absolute Gasteiger partial charge is 0.481 e. The van der Waals surface area contributed by atoms with Crippen molar-refractivity contribution in [2.75, 3.05) is 0 Å². The molecule has 3 saturated heterocycles. The Morgan fingerprint density at radius 3 is 2.55 bits per heavy atom. The molecule has 0 radical (unpaired) electrons. The standard InChI is InChI=1S/C21H22N2O8/c1-2-13(24)22-11-8-12(10-6-4-3-5-7-10)30-17-15-19(27)23-18(20(28)29)21(15,9-14(25)26)31-16(11)17/h2-7,11-12,15-18H,1,8-9H2,(H,22,24)(H,23,27)(H,25,26)(H,28,29)/t11-,12-,15+,16-,17-,18-,21+/m1/s1. The quantitative estimate of drug-likeness (QED) is 0.461. The topological polar surface area (TPSA) is 151 Å². The predicted octanol–water partition coefficient (Wildman–Crippen LogP) is -0.00110. The van der Waals surface area contributed by atoms with E-state index in [1.807, 2.05) is 30.3 Å². The van der Waals surface area contributed by atoms with E-state index in [0.29, 0.717) is 6.42 Å². The number of hydrogen-bond donors (Lipinski definition) is 4. The van der Waals surface area contributed by atoms with Gasteiger partial charge < -0.3 is 30.3 Å². The highest BCUT2D eigenvalue weighted by Crippen LogP contribution is 2.51. The highest BCUT2D eigenvalue weighted by atomic mass is 16.6. The molecule has 10 heteroatoms. The first-order chi connectivity index (χ1) is 14.8. The van der Waals surface area contributed by atoms with Crippen molar-refractivity contribution in [3.63, 3.8) is 0 Å². The van der Waals surface area contributed by atoms with Gasteiger partial charge >= 0.3 is 11.9 Å². The van der Waals surface area contributed by atoms with E-state index in [9.17, 15) is 29.4 Å². The Labute approximate surface area is 177 Å². The van der Waals surface area contributed by atoms with Crippen molar-refractivity contribution < 1.29 is 38.9 Å². The molecule has 0 unspecified atom stereocenters. The number of nitrogens with one attached hydrogen (secondary N) is 2. The lowest BCUT2D eigenvalue weighted by Crippen LogP contribution is -2.55. The third-order valence-corrected chi connectivity index (χ3v) is 6.14. The third kappa shape index (κ3) is 3.47. The van der Waals surface area contributed by atoms with Crippen molar-refractivity contribution >= 4 is 23.8 Å². The number of carbonyl (C=O) groups is 4. The summed E-state index contributed by atoms with van der Waals surface area (Å²) in [6.45, 7) is 3.44. The molecule has 4 rings (SSSR count).